The van der Waals surface area contributed by atoms with Gasteiger partial charge in [-0.25, -0.2) is 4.79 Å². The number of amides is 4. The number of unbranched alkanes of at least 4 members (excludes halogenated alkanes) is 2. The standard InChI is InChI=1S/C15H22N2O9S/c1-26-12(19)6-3-2-4-7-16-13(20)11(10-18)14(21)17(15(16)22)8-5-9-27(23,24)25/h10-11H,2-9H2,1H3,(H,23,24,25). The third kappa shape index (κ3) is 6.71. The van der Waals surface area contributed by atoms with Gasteiger partial charge in [0.2, 0.25) is 0 Å². The van der Waals surface area contributed by atoms with E-state index in [-0.39, 0.29) is 38.2 Å². The second-order valence-corrected chi connectivity index (χ2v) is 7.47. The molecule has 0 radical (unpaired) electrons. The van der Waals surface area contributed by atoms with Crippen molar-refractivity contribution in [2.75, 3.05) is 26.0 Å². The molecule has 152 valence electrons. The van der Waals surface area contributed by atoms with Crippen molar-refractivity contribution < 1.29 is 41.7 Å². The summed E-state index contributed by atoms with van der Waals surface area (Å²) in [7, 11) is -3.01. The summed E-state index contributed by atoms with van der Waals surface area (Å²) in [5.74, 6) is -4.66. The third-order valence-corrected chi connectivity index (χ3v) is 4.74. The van der Waals surface area contributed by atoms with E-state index in [1.165, 1.54) is 7.11 Å². The molecule has 11 nitrogen and oxygen atoms in total. The number of methoxy groups -OCH3 is 1. The van der Waals surface area contributed by atoms with E-state index in [0.717, 1.165) is 4.90 Å². The molecule has 0 bridgehead atoms. The highest BCUT2D eigenvalue weighted by Gasteiger charge is 2.45. The zero-order valence-electron chi connectivity index (χ0n) is 14.8. The fourth-order valence-corrected chi connectivity index (χ4v) is 3.02. The Labute approximate surface area is 156 Å². The second kappa shape index (κ2) is 10.1. The molecule has 1 N–H and O–H groups in total. The van der Waals surface area contributed by atoms with Crippen LogP contribution in [0.15, 0.2) is 0 Å². The van der Waals surface area contributed by atoms with E-state index in [1.54, 1.807) is 0 Å². The first-order chi connectivity index (χ1) is 12.6. The molecule has 0 aromatic carbocycles. The molecule has 4 amide bonds. The maximum Gasteiger partial charge on any atom is 0.333 e. The van der Waals surface area contributed by atoms with Gasteiger partial charge in [-0.1, -0.05) is 6.42 Å². The molecule has 0 spiro atoms. The van der Waals surface area contributed by atoms with E-state index in [4.69, 9.17) is 4.55 Å². The number of rotatable bonds is 11. The minimum absolute atomic E-state index is 0.0503. The lowest BCUT2D eigenvalue weighted by atomic mass is 10.0. The number of carbonyl (C=O) groups excluding carboxylic acids is 5. The van der Waals surface area contributed by atoms with Gasteiger partial charge < -0.3 is 9.53 Å². The van der Waals surface area contributed by atoms with Crippen LogP contribution in [0.4, 0.5) is 4.79 Å². The van der Waals surface area contributed by atoms with E-state index in [2.05, 4.69) is 4.74 Å². The van der Waals surface area contributed by atoms with Gasteiger partial charge in [0.25, 0.3) is 21.9 Å². The van der Waals surface area contributed by atoms with Crippen molar-refractivity contribution >= 4 is 40.2 Å². The maximum atomic E-state index is 12.4. The second-order valence-electron chi connectivity index (χ2n) is 5.90. The molecule has 12 heteroatoms. The number of carbonyl (C=O) groups is 5. The first kappa shape index (κ1) is 22.7. The monoisotopic (exact) mass is 406 g/mol. The van der Waals surface area contributed by atoms with Crippen molar-refractivity contribution in [3.8, 4) is 0 Å². The van der Waals surface area contributed by atoms with Crippen LogP contribution in [-0.2, 0) is 34.0 Å². The third-order valence-electron chi connectivity index (χ3n) is 3.94. The first-order valence-corrected chi connectivity index (χ1v) is 9.87. The van der Waals surface area contributed by atoms with Gasteiger partial charge in [-0.3, -0.25) is 28.7 Å². The van der Waals surface area contributed by atoms with Crippen LogP contribution in [0.1, 0.15) is 32.1 Å². The van der Waals surface area contributed by atoms with E-state index in [9.17, 15) is 32.4 Å². The fraction of sp³-hybridized carbons (Fsp3) is 0.667. The van der Waals surface area contributed by atoms with Gasteiger partial charge in [0.05, 0.1) is 12.9 Å². The molecule has 1 saturated heterocycles. The summed E-state index contributed by atoms with van der Waals surface area (Å²) in [5, 5.41) is 0. The molecule has 1 atom stereocenters. The van der Waals surface area contributed by atoms with E-state index in [1.807, 2.05) is 0 Å². The van der Waals surface area contributed by atoms with Crippen LogP contribution in [0.5, 0.6) is 0 Å². The predicted octanol–water partition coefficient (Wildman–Crippen LogP) is -0.396. The molecular formula is C15H22N2O9S. The first-order valence-electron chi connectivity index (χ1n) is 8.26. The molecule has 1 fully saturated rings. The minimum Gasteiger partial charge on any atom is -0.469 e. The summed E-state index contributed by atoms with van der Waals surface area (Å²) >= 11 is 0. The average molecular weight is 406 g/mol. The molecular weight excluding hydrogens is 384 g/mol. The van der Waals surface area contributed by atoms with Crippen molar-refractivity contribution in [3.05, 3.63) is 0 Å². The topological polar surface area (TPSA) is 155 Å². The van der Waals surface area contributed by atoms with Crippen LogP contribution in [0.2, 0.25) is 0 Å². The Balaban J connectivity index is 2.70. The normalized spacial score (nSPS) is 18.0. The Morgan fingerprint density at radius 3 is 2.11 bits per heavy atom. The minimum atomic E-state index is -4.27. The number of barbiturate groups is 1. The molecule has 1 unspecified atom stereocenters. The number of ether oxygens (including phenoxy) is 1. The van der Waals surface area contributed by atoms with Crippen molar-refractivity contribution in [1.82, 2.24) is 9.80 Å². The van der Waals surface area contributed by atoms with Gasteiger partial charge in [0, 0.05) is 19.5 Å². The van der Waals surface area contributed by atoms with Crippen molar-refractivity contribution in [1.29, 1.82) is 0 Å². The Morgan fingerprint density at radius 2 is 1.63 bits per heavy atom. The number of hydrogen-bond acceptors (Lipinski definition) is 8. The highest BCUT2D eigenvalue weighted by Crippen LogP contribution is 2.18. The molecule has 1 heterocycles. The van der Waals surface area contributed by atoms with Gasteiger partial charge in [-0.2, -0.15) is 8.42 Å². The van der Waals surface area contributed by atoms with Crippen LogP contribution >= 0.6 is 0 Å². The summed E-state index contributed by atoms with van der Waals surface area (Å²) < 4.78 is 34.7. The molecule has 0 aromatic rings. The Bertz CT molecular complexity index is 704. The largest absolute Gasteiger partial charge is 0.469 e. The molecule has 1 aliphatic rings. The SMILES string of the molecule is COC(=O)CCCCCN1C(=O)C(C=O)C(=O)N(CCCS(=O)(=O)O)C1=O. The molecule has 27 heavy (non-hydrogen) atoms. The zero-order valence-corrected chi connectivity index (χ0v) is 15.6. The molecule has 1 rings (SSSR count). The smallest absolute Gasteiger partial charge is 0.333 e. The average Bonchev–Trinajstić information content (AvgIpc) is 2.59. The van der Waals surface area contributed by atoms with Crippen LogP contribution in [0.25, 0.3) is 0 Å². The highest BCUT2D eigenvalue weighted by molar-refractivity contribution is 7.85. The Morgan fingerprint density at radius 1 is 1.07 bits per heavy atom. The Hall–Kier alpha value is -2.34. The molecule has 0 saturated carbocycles. The number of esters is 1. The number of hydrogen-bond donors (Lipinski definition) is 1. The molecule has 0 aliphatic carbocycles. The number of aldehydes is 1. The van der Waals surface area contributed by atoms with E-state index < -0.39 is 39.6 Å². The lowest BCUT2D eigenvalue weighted by molar-refractivity contribution is -0.150. The lowest BCUT2D eigenvalue weighted by Crippen LogP contribution is -2.60. The van der Waals surface area contributed by atoms with Crippen LogP contribution < -0.4 is 0 Å². The predicted molar refractivity (Wildman–Crippen MR) is 89.9 cm³/mol. The van der Waals surface area contributed by atoms with Gasteiger partial charge in [-0.05, 0) is 19.3 Å². The van der Waals surface area contributed by atoms with Crippen LogP contribution in [-0.4, -0.2) is 78.8 Å². The van der Waals surface area contributed by atoms with E-state index >= 15 is 0 Å². The fourth-order valence-electron chi connectivity index (χ4n) is 2.53. The number of nitrogens with zero attached hydrogens (tertiary/aromatic N) is 2. The molecule has 1 aliphatic heterocycles. The van der Waals surface area contributed by atoms with Gasteiger partial charge in [0.1, 0.15) is 6.29 Å². The number of urea groups is 1. The van der Waals surface area contributed by atoms with Crippen LogP contribution in [0, 0.1) is 5.92 Å². The highest BCUT2D eigenvalue weighted by atomic mass is 32.2. The summed E-state index contributed by atoms with van der Waals surface area (Å²) in [6, 6.07) is -0.939. The number of imide groups is 2. The summed E-state index contributed by atoms with van der Waals surface area (Å²) in [4.78, 5) is 60.2. The lowest BCUT2D eigenvalue weighted by Gasteiger charge is -2.35. The zero-order chi connectivity index (χ0) is 20.6. The van der Waals surface area contributed by atoms with Gasteiger partial charge >= 0.3 is 12.0 Å². The van der Waals surface area contributed by atoms with Crippen LogP contribution in [0.3, 0.4) is 0 Å². The maximum absolute atomic E-state index is 12.4. The summed E-state index contributed by atoms with van der Waals surface area (Å²) in [6.45, 7) is -0.404. The Kier molecular flexibility index (Phi) is 8.50. The summed E-state index contributed by atoms with van der Waals surface area (Å²) in [5.41, 5.74) is 0. The van der Waals surface area contributed by atoms with Crippen molar-refractivity contribution in [3.63, 3.8) is 0 Å². The van der Waals surface area contributed by atoms with Gasteiger partial charge in [-0.15, -0.1) is 0 Å². The van der Waals surface area contributed by atoms with Crippen molar-refractivity contribution in [2.24, 2.45) is 5.92 Å². The quantitative estimate of drug-likeness (QED) is 0.159. The summed E-state index contributed by atoms with van der Waals surface area (Å²) in [6.07, 6.45) is 1.44. The molecule has 0 aromatic heterocycles. The van der Waals surface area contributed by atoms with E-state index in [0.29, 0.717) is 24.2 Å². The van der Waals surface area contributed by atoms with Gasteiger partial charge in [0.15, 0.2) is 5.92 Å². The van der Waals surface area contributed by atoms with Crippen molar-refractivity contribution in [2.45, 2.75) is 32.1 Å².